The first kappa shape index (κ1) is 93.8. The van der Waals surface area contributed by atoms with Crippen molar-refractivity contribution in [1.82, 2.24) is 0 Å². The van der Waals surface area contributed by atoms with Crippen LogP contribution in [-0.2, 0) is 16.2 Å². The predicted molar refractivity (Wildman–Crippen MR) is 636 cm³/mol. The lowest BCUT2D eigenvalue weighted by molar-refractivity contribution is 0.660. The lowest BCUT2D eigenvalue weighted by Crippen LogP contribution is -2.17. The molecule has 0 unspecified atom stereocenters. The van der Waals surface area contributed by atoms with Crippen LogP contribution < -0.4 is 14.7 Å². The minimum absolute atomic E-state index is 0.146. The van der Waals surface area contributed by atoms with Crippen LogP contribution in [0, 0.1) is 0 Å². The van der Waals surface area contributed by atoms with E-state index < -0.39 is 0 Å². The topological polar surface area (TPSA) is 9.72 Å². The Morgan fingerprint density at radius 2 is 0.287 bits per heavy atom. The van der Waals surface area contributed by atoms with E-state index in [1.54, 1.807) is 0 Å². The van der Waals surface area contributed by atoms with Gasteiger partial charge in [0.15, 0.2) is 0 Å². The third-order valence-corrected chi connectivity index (χ3v) is 30.9. The van der Waals surface area contributed by atoms with Crippen molar-refractivity contribution >= 4 is 51.2 Å². The van der Waals surface area contributed by atoms with E-state index in [0.717, 1.165) is 51.2 Å². The highest BCUT2D eigenvalue weighted by molar-refractivity contribution is 5.97. The molecule has 3 heteroatoms. The first-order chi connectivity index (χ1) is 73.7. The van der Waals surface area contributed by atoms with Crippen molar-refractivity contribution in [2.75, 3.05) is 14.7 Å². The summed E-state index contributed by atoms with van der Waals surface area (Å²) in [5, 5.41) is 0. The van der Waals surface area contributed by atoms with Gasteiger partial charge in [-0.05, 0) is 293 Å². The molecule has 26 rings (SSSR count). The molecule has 716 valence electrons. The van der Waals surface area contributed by atoms with Crippen LogP contribution in [0.25, 0.3) is 156 Å². The fraction of sp³-hybridized carbons (Fsp3) is 0.0612. The van der Waals surface area contributed by atoms with Crippen molar-refractivity contribution in [1.29, 1.82) is 0 Å². The summed E-state index contributed by atoms with van der Waals surface area (Å²) in [7, 11) is 0. The third-order valence-electron chi connectivity index (χ3n) is 30.9. The van der Waals surface area contributed by atoms with E-state index in [1.807, 2.05) is 0 Å². The van der Waals surface area contributed by atoms with Crippen LogP contribution in [0.5, 0.6) is 0 Å². The van der Waals surface area contributed by atoms with Gasteiger partial charge in [-0.25, -0.2) is 0 Å². The largest absolute Gasteiger partial charge is 0.310 e. The quantitative estimate of drug-likeness (QED) is 0.0753. The Bertz CT molecular complexity index is 8790. The number of fused-ring (bicyclic) bond motifs is 9. The first-order valence-electron chi connectivity index (χ1n) is 52.2. The summed E-state index contributed by atoms with van der Waals surface area (Å²) in [4.78, 5) is 7.25. The lowest BCUT2D eigenvalue weighted by atomic mass is 9.81. The van der Waals surface area contributed by atoms with E-state index in [9.17, 15) is 0 Å². The van der Waals surface area contributed by atoms with Crippen LogP contribution >= 0.6 is 0 Å². The van der Waals surface area contributed by atoms with Crippen molar-refractivity contribution in [3.8, 4) is 156 Å². The van der Waals surface area contributed by atoms with E-state index in [2.05, 4.69) is 633 Å². The zero-order chi connectivity index (χ0) is 101. The molecule has 0 spiro atoms. The number of benzene rings is 23. The second kappa shape index (κ2) is 40.5. The number of para-hydroxylation sites is 2. The number of anilines is 9. The summed E-state index contributed by atoms with van der Waals surface area (Å²) < 4.78 is 0. The summed E-state index contributed by atoms with van der Waals surface area (Å²) in [5.41, 5.74) is 52.7. The van der Waals surface area contributed by atoms with Crippen LogP contribution in [0.3, 0.4) is 0 Å². The molecule has 0 radical (unpaired) electrons. The Labute approximate surface area is 882 Å². The number of nitrogens with zero attached hydrogens (tertiary/aromatic N) is 3. The molecule has 0 saturated heterocycles. The molecule has 0 bridgehead atoms. The average molecular weight is 1920 g/mol. The standard InChI is InChI=1S/2C51H39N.C45H35N/c1-51(2)49-34-41(46-24-13-12-23-45(46)39-19-10-5-11-20-39)27-31-47(49)48-32-30-44(35-50(48)51)52(42-28-25-38(26-29-42)36-15-6-3-7-16-36)43-22-14-21-40(33-43)37-17-8-4-9-18-37;1-51(2)48-34-42(40-24-22-38(23-25-40)36-14-6-3-7-15-36)28-32-46(48)47-33-31-44(35-49(47)51)52(43-29-26-39(27-30-43)37-16-8-4-9-17-37)50-21-13-12-20-45(50)41-18-10-5-11-19-41;1-45(2)42-30-36(33-16-8-4-9-17-33)24-28-40(42)41-29-27-38(31-43(41)45)46(37-25-22-34(23-26-37)32-14-6-3-7-15-32)44-21-13-12-20-39(44)35-18-10-5-11-19-35/h2*3-35H,1-2H3;3-31H,1-2H3. The van der Waals surface area contributed by atoms with E-state index in [1.165, 1.54) is 189 Å². The summed E-state index contributed by atoms with van der Waals surface area (Å²) in [6.07, 6.45) is 0. The summed E-state index contributed by atoms with van der Waals surface area (Å²) >= 11 is 0. The van der Waals surface area contributed by atoms with Gasteiger partial charge >= 0.3 is 0 Å². The predicted octanol–water partition coefficient (Wildman–Crippen LogP) is 40.7. The minimum atomic E-state index is -0.187. The van der Waals surface area contributed by atoms with Gasteiger partial charge < -0.3 is 14.7 Å². The molecule has 0 saturated carbocycles. The number of hydrogen-bond acceptors (Lipinski definition) is 3. The monoisotopic (exact) mass is 1920 g/mol. The summed E-state index contributed by atoms with van der Waals surface area (Å²) in [6.45, 7) is 14.2. The molecule has 0 atom stereocenters. The fourth-order valence-electron chi connectivity index (χ4n) is 23.0. The highest BCUT2D eigenvalue weighted by atomic mass is 15.2. The van der Waals surface area contributed by atoms with E-state index >= 15 is 0 Å². The molecule has 0 aliphatic heterocycles. The van der Waals surface area contributed by atoms with Crippen LogP contribution in [-0.4, -0.2) is 0 Å². The molecule has 23 aromatic carbocycles. The van der Waals surface area contributed by atoms with E-state index in [4.69, 9.17) is 0 Å². The zero-order valence-corrected chi connectivity index (χ0v) is 85.2. The van der Waals surface area contributed by atoms with Gasteiger partial charge in [-0.2, -0.15) is 0 Å². The van der Waals surface area contributed by atoms with Gasteiger partial charge in [0.25, 0.3) is 0 Å². The second-order valence-electron chi connectivity index (χ2n) is 41.0. The smallest absolute Gasteiger partial charge is 0.0540 e. The molecule has 0 amide bonds. The number of hydrogen-bond donors (Lipinski definition) is 0. The molecule has 150 heavy (non-hydrogen) atoms. The maximum Gasteiger partial charge on any atom is 0.0540 e. The van der Waals surface area contributed by atoms with Crippen molar-refractivity contribution in [2.45, 2.75) is 57.8 Å². The maximum absolute atomic E-state index is 2.43. The molecular weight excluding hydrogens is 1810 g/mol. The van der Waals surface area contributed by atoms with Crippen molar-refractivity contribution in [3.63, 3.8) is 0 Å². The van der Waals surface area contributed by atoms with E-state index in [0.29, 0.717) is 0 Å². The van der Waals surface area contributed by atoms with Gasteiger partial charge in [0.2, 0.25) is 0 Å². The first-order valence-corrected chi connectivity index (χ1v) is 52.2. The molecule has 0 fully saturated rings. The second-order valence-corrected chi connectivity index (χ2v) is 41.0. The molecule has 23 aromatic rings. The van der Waals surface area contributed by atoms with Gasteiger partial charge in [-0.15, -0.1) is 0 Å². The zero-order valence-electron chi connectivity index (χ0n) is 85.2. The Kier molecular flexibility index (Phi) is 25.3. The van der Waals surface area contributed by atoms with Gasteiger partial charge in [0.05, 0.1) is 11.4 Å². The fourth-order valence-corrected chi connectivity index (χ4v) is 23.0. The highest BCUT2D eigenvalue weighted by Gasteiger charge is 2.41. The Morgan fingerprint density at radius 1 is 0.107 bits per heavy atom. The Balaban J connectivity index is 0.000000120. The molecule has 3 aliphatic rings. The maximum atomic E-state index is 2.43. The van der Waals surface area contributed by atoms with Crippen molar-refractivity contribution < 1.29 is 0 Å². The van der Waals surface area contributed by atoms with Crippen LogP contribution in [0.1, 0.15) is 74.9 Å². The van der Waals surface area contributed by atoms with Gasteiger partial charge in [-0.1, -0.05) is 503 Å². The molecule has 0 aromatic heterocycles. The Morgan fingerprint density at radius 3 is 0.607 bits per heavy atom. The number of rotatable bonds is 20. The average Bonchev–Trinajstić information content (AvgIpc) is 1.58. The van der Waals surface area contributed by atoms with Gasteiger partial charge in [0.1, 0.15) is 0 Å². The normalized spacial score (nSPS) is 12.6. The SMILES string of the molecule is CC1(C)c2cc(-c3ccc(-c4ccccc4)cc3)ccc2-c2ccc(N(c3ccc(-c4ccccc4)cc3)c3ccccc3-c3ccccc3)cc21.CC1(C)c2cc(-c3ccccc3)ccc2-c2ccc(N(c3ccc(-c4ccccc4)cc3)c3ccccc3-c3ccccc3)cc21.CC1(C)c2cc(-c3ccccc3-c3ccccc3)ccc2-c2ccc(N(c3ccc(-c4ccccc4)cc3)c3cccc(-c4ccccc4)c3)cc21. The van der Waals surface area contributed by atoms with Gasteiger partial charge in [-0.3, -0.25) is 0 Å². The molecule has 0 N–H and O–H groups in total. The molecular formula is C147H113N3. The van der Waals surface area contributed by atoms with Gasteiger partial charge in [0, 0.05) is 67.2 Å². The Hall–Kier alpha value is -18.5. The van der Waals surface area contributed by atoms with Crippen LogP contribution in [0.15, 0.2) is 576 Å². The summed E-state index contributed by atoms with van der Waals surface area (Å²) in [6, 6.07) is 209. The highest BCUT2D eigenvalue weighted by Crippen LogP contribution is 2.58. The van der Waals surface area contributed by atoms with Crippen LogP contribution in [0.2, 0.25) is 0 Å². The molecule has 3 nitrogen and oxygen atoms in total. The minimum Gasteiger partial charge on any atom is -0.310 e. The lowest BCUT2D eigenvalue weighted by Gasteiger charge is -2.30. The third kappa shape index (κ3) is 18.2. The molecule has 0 heterocycles. The van der Waals surface area contributed by atoms with Crippen molar-refractivity contribution in [2.24, 2.45) is 0 Å². The van der Waals surface area contributed by atoms with Crippen molar-refractivity contribution in [3.05, 3.63) is 610 Å². The van der Waals surface area contributed by atoms with Crippen LogP contribution in [0.4, 0.5) is 51.2 Å². The molecule has 3 aliphatic carbocycles. The summed E-state index contributed by atoms with van der Waals surface area (Å²) in [5.74, 6) is 0. The van der Waals surface area contributed by atoms with E-state index in [-0.39, 0.29) is 16.2 Å².